The van der Waals surface area contributed by atoms with Crippen LogP contribution in [0.4, 0.5) is 5.69 Å². The lowest BCUT2D eigenvalue weighted by Crippen LogP contribution is -2.31. The highest BCUT2D eigenvalue weighted by Gasteiger charge is 2.44. The third-order valence-corrected chi connectivity index (χ3v) is 5.68. The maximum Gasteiger partial charge on any atom is 0.0377 e. The van der Waals surface area contributed by atoms with Gasteiger partial charge in [0.05, 0.1) is 0 Å². The Morgan fingerprint density at radius 3 is 2.72 bits per heavy atom. The van der Waals surface area contributed by atoms with E-state index in [9.17, 15) is 0 Å². The zero-order chi connectivity index (χ0) is 12.1. The summed E-state index contributed by atoms with van der Waals surface area (Å²) in [5, 5.41) is 3.66. The van der Waals surface area contributed by atoms with Crippen LogP contribution in [0.3, 0.4) is 0 Å². The molecule has 0 amide bonds. The molecule has 18 heavy (non-hydrogen) atoms. The van der Waals surface area contributed by atoms with Crippen molar-refractivity contribution in [2.45, 2.75) is 51.0 Å². The van der Waals surface area contributed by atoms with Gasteiger partial charge in [0.1, 0.15) is 0 Å². The van der Waals surface area contributed by atoms with E-state index in [2.05, 4.69) is 36.5 Å². The van der Waals surface area contributed by atoms with Gasteiger partial charge in [-0.2, -0.15) is 0 Å². The summed E-state index contributed by atoms with van der Waals surface area (Å²) in [5.41, 5.74) is 3.01. The molecular weight excluding hydrogens is 218 g/mol. The highest BCUT2D eigenvalue weighted by molar-refractivity contribution is 5.55. The molecule has 2 fully saturated rings. The maximum atomic E-state index is 3.66. The average Bonchev–Trinajstić information content (AvgIpc) is 3.00. The van der Waals surface area contributed by atoms with Crippen molar-refractivity contribution in [1.29, 1.82) is 0 Å². The normalized spacial score (nSPS) is 41.5. The van der Waals surface area contributed by atoms with Gasteiger partial charge >= 0.3 is 0 Å². The Balaban J connectivity index is 1.69. The van der Waals surface area contributed by atoms with E-state index in [0.717, 1.165) is 23.7 Å². The van der Waals surface area contributed by atoms with Gasteiger partial charge in [0, 0.05) is 11.7 Å². The Morgan fingerprint density at radius 2 is 1.94 bits per heavy atom. The van der Waals surface area contributed by atoms with Gasteiger partial charge in [0.15, 0.2) is 0 Å². The van der Waals surface area contributed by atoms with Crippen LogP contribution in [0.25, 0.3) is 0 Å². The van der Waals surface area contributed by atoms with Crippen molar-refractivity contribution in [3.05, 3.63) is 29.8 Å². The maximum absolute atomic E-state index is 3.66. The largest absolute Gasteiger partial charge is 0.382 e. The van der Waals surface area contributed by atoms with Crippen LogP contribution < -0.4 is 5.32 Å². The second kappa shape index (κ2) is 4.01. The van der Waals surface area contributed by atoms with Crippen LogP contribution in [0, 0.1) is 17.8 Å². The van der Waals surface area contributed by atoms with Crippen LogP contribution in [0.5, 0.6) is 0 Å². The lowest BCUT2D eigenvalue weighted by molar-refractivity contribution is 0.263. The Bertz CT molecular complexity index is 453. The summed E-state index contributed by atoms with van der Waals surface area (Å²) in [5.74, 6) is 3.91. The molecule has 4 rings (SSSR count). The van der Waals surface area contributed by atoms with Crippen LogP contribution in [0.1, 0.15) is 50.5 Å². The number of nitrogens with one attached hydrogen (secondary N) is 1. The molecule has 1 N–H and O–H groups in total. The van der Waals surface area contributed by atoms with Gasteiger partial charge in [0.2, 0.25) is 0 Å². The molecule has 96 valence electrons. The van der Waals surface area contributed by atoms with Gasteiger partial charge in [-0.3, -0.25) is 0 Å². The summed E-state index contributed by atoms with van der Waals surface area (Å²) in [6.45, 7) is 2.34. The molecule has 1 aromatic carbocycles. The summed E-state index contributed by atoms with van der Waals surface area (Å²) in [7, 11) is 0. The minimum absolute atomic E-state index is 0.643. The molecule has 3 aliphatic rings. The fraction of sp³-hybridized carbons (Fsp3) is 0.647. The summed E-state index contributed by atoms with van der Waals surface area (Å²) in [6, 6.07) is 9.66. The van der Waals surface area contributed by atoms with Crippen LogP contribution in [-0.4, -0.2) is 6.04 Å². The second-order valence-corrected chi connectivity index (χ2v) is 6.81. The summed E-state index contributed by atoms with van der Waals surface area (Å²) in [6.07, 6.45) is 7.41. The Hall–Kier alpha value is -0.980. The molecule has 2 bridgehead atoms. The lowest BCUT2D eigenvalue weighted by Gasteiger charge is -2.38. The molecule has 5 atom stereocenters. The first-order valence-corrected chi connectivity index (χ1v) is 7.66. The highest BCUT2D eigenvalue weighted by Crippen LogP contribution is 2.55. The Kier molecular flexibility index (Phi) is 2.43. The quantitative estimate of drug-likeness (QED) is 0.768. The topological polar surface area (TPSA) is 12.0 Å². The molecule has 1 nitrogen and oxygen atoms in total. The lowest BCUT2D eigenvalue weighted by atomic mass is 9.72. The molecule has 1 aliphatic heterocycles. The van der Waals surface area contributed by atoms with E-state index in [1.54, 1.807) is 5.56 Å². The van der Waals surface area contributed by atoms with Crippen molar-refractivity contribution in [3.63, 3.8) is 0 Å². The third-order valence-electron chi connectivity index (χ3n) is 5.68. The van der Waals surface area contributed by atoms with Crippen molar-refractivity contribution in [2.24, 2.45) is 17.8 Å². The number of anilines is 1. The molecule has 2 saturated carbocycles. The Morgan fingerprint density at radius 1 is 1.06 bits per heavy atom. The second-order valence-electron chi connectivity index (χ2n) is 6.81. The molecule has 5 unspecified atom stereocenters. The van der Waals surface area contributed by atoms with Crippen molar-refractivity contribution >= 4 is 5.69 Å². The molecule has 0 radical (unpaired) electrons. The molecule has 1 heterocycles. The standard InChI is InChI=1S/C17H23N/c1-11-8-16(14-4-2-3-5-17(14)18-11)15-10-12-6-7-13(15)9-12/h2-5,11-13,15-16,18H,6-10H2,1H3. The molecule has 0 aromatic heterocycles. The van der Waals surface area contributed by atoms with Crippen LogP contribution in [-0.2, 0) is 0 Å². The first-order chi connectivity index (χ1) is 8.81. The van der Waals surface area contributed by atoms with Crippen molar-refractivity contribution in [2.75, 3.05) is 5.32 Å². The fourth-order valence-electron chi connectivity index (χ4n) is 4.98. The first kappa shape index (κ1) is 10.9. The van der Waals surface area contributed by atoms with E-state index >= 15 is 0 Å². The summed E-state index contributed by atoms with van der Waals surface area (Å²) in [4.78, 5) is 0. The molecular formula is C17H23N. The average molecular weight is 241 g/mol. The number of para-hydroxylation sites is 1. The predicted octanol–water partition coefficient (Wildman–Crippen LogP) is 4.41. The number of rotatable bonds is 1. The number of benzene rings is 1. The van der Waals surface area contributed by atoms with Crippen LogP contribution >= 0.6 is 0 Å². The van der Waals surface area contributed by atoms with Gasteiger partial charge < -0.3 is 5.32 Å². The van der Waals surface area contributed by atoms with Gasteiger partial charge in [-0.1, -0.05) is 24.6 Å². The molecule has 2 aliphatic carbocycles. The molecule has 1 aromatic rings. The van der Waals surface area contributed by atoms with Crippen molar-refractivity contribution in [1.82, 2.24) is 0 Å². The van der Waals surface area contributed by atoms with Crippen LogP contribution in [0.2, 0.25) is 0 Å². The fourth-order valence-corrected chi connectivity index (χ4v) is 4.98. The monoisotopic (exact) mass is 241 g/mol. The van der Waals surface area contributed by atoms with Gasteiger partial charge in [-0.05, 0) is 67.9 Å². The van der Waals surface area contributed by atoms with Gasteiger partial charge in [0.25, 0.3) is 0 Å². The number of hydrogen-bond acceptors (Lipinski definition) is 1. The molecule has 0 spiro atoms. The van der Waals surface area contributed by atoms with Crippen molar-refractivity contribution < 1.29 is 0 Å². The van der Waals surface area contributed by atoms with E-state index in [1.165, 1.54) is 37.8 Å². The first-order valence-electron chi connectivity index (χ1n) is 7.66. The van der Waals surface area contributed by atoms with Crippen molar-refractivity contribution in [3.8, 4) is 0 Å². The smallest absolute Gasteiger partial charge is 0.0377 e. The minimum Gasteiger partial charge on any atom is -0.382 e. The zero-order valence-corrected chi connectivity index (χ0v) is 11.2. The SMILES string of the molecule is CC1CC(C2CC3CCC2C3)c2ccccc2N1. The van der Waals surface area contributed by atoms with E-state index in [4.69, 9.17) is 0 Å². The Labute approximate surface area is 110 Å². The minimum atomic E-state index is 0.643. The molecule has 0 saturated heterocycles. The van der Waals surface area contributed by atoms with E-state index < -0.39 is 0 Å². The van der Waals surface area contributed by atoms with E-state index in [1.807, 2.05) is 0 Å². The third kappa shape index (κ3) is 1.60. The zero-order valence-electron chi connectivity index (χ0n) is 11.2. The number of fused-ring (bicyclic) bond motifs is 3. The van der Waals surface area contributed by atoms with E-state index in [0.29, 0.717) is 6.04 Å². The van der Waals surface area contributed by atoms with E-state index in [-0.39, 0.29) is 0 Å². The van der Waals surface area contributed by atoms with Gasteiger partial charge in [-0.15, -0.1) is 0 Å². The number of hydrogen-bond donors (Lipinski definition) is 1. The van der Waals surface area contributed by atoms with Gasteiger partial charge in [-0.25, -0.2) is 0 Å². The highest BCUT2D eigenvalue weighted by atomic mass is 14.9. The summed E-state index contributed by atoms with van der Waals surface area (Å²) >= 11 is 0. The van der Waals surface area contributed by atoms with Crippen LogP contribution in [0.15, 0.2) is 24.3 Å². The molecule has 1 heteroatoms. The predicted molar refractivity (Wildman–Crippen MR) is 75.8 cm³/mol. The summed E-state index contributed by atoms with van der Waals surface area (Å²) < 4.78 is 0.